The van der Waals surface area contributed by atoms with Crippen LogP contribution in [0.2, 0.25) is 0 Å². The van der Waals surface area contributed by atoms with E-state index in [9.17, 15) is 39.9 Å². The molecule has 0 unspecified atom stereocenters. The van der Waals surface area contributed by atoms with Gasteiger partial charge in [-0.3, -0.25) is 19.3 Å². The van der Waals surface area contributed by atoms with Gasteiger partial charge in [-0.05, 0) is 61.8 Å². The van der Waals surface area contributed by atoms with Crippen LogP contribution in [0.3, 0.4) is 0 Å². The summed E-state index contributed by atoms with van der Waals surface area (Å²) in [4.78, 5) is 41.1. The molecule has 0 spiro atoms. The fraction of sp³-hybridized carbons (Fsp3) is 0.300. The Hall–Kier alpha value is -4.25. The van der Waals surface area contributed by atoms with Gasteiger partial charge >= 0.3 is 0 Å². The van der Waals surface area contributed by atoms with E-state index in [1.54, 1.807) is 18.2 Å². The van der Waals surface area contributed by atoms with E-state index in [1.165, 1.54) is 25.1 Å². The monoisotopic (exact) mass is 546 g/mol. The van der Waals surface area contributed by atoms with Crippen LogP contribution in [-0.2, 0) is 14.4 Å². The standard InChI is InChI=1S/C30H30N2O8/c1-12-8-9-14(10-13(12)2)11-16-15-6-5-7-17(33)18(15)24(34)20-19(16)25(35)22-23(32(3)4)26(36)21(29(31)39)28(38)30(22,40)27(20)37/h5-11,19,22-23,25,33-35,38,40H,1-4H3,(H2,31,39)/b16-11+/t19-,22-,23+,25+,30+/m1/s1. The van der Waals surface area contributed by atoms with Crippen LogP contribution in [0.4, 0.5) is 0 Å². The highest BCUT2D eigenvalue weighted by atomic mass is 16.4. The maximum atomic E-state index is 14.2. The third-order valence-electron chi connectivity index (χ3n) is 8.38. The quantitative estimate of drug-likeness (QED) is 0.311. The van der Waals surface area contributed by atoms with Crippen LogP contribution < -0.4 is 5.73 Å². The molecule has 0 saturated heterocycles. The Kier molecular flexibility index (Phi) is 6.25. The number of likely N-dealkylation sites (N-methyl/N-ethyl adjacent to an activating group) is 1. The van der Waals surface area contributed by atoms with E-state index in [0.29, 0.717) is 16.7 Å². The highest BCUT2D eigenvalue weighted by Crippen LogP contribution is 2.56. The highest BCUT2D eigenvalue weighted by molar-refractivity contribution is 6.25. The first-order valence-corrected chi connectivity index (χ1v) is 12.7. The molecule has 2 aromatic carbocycles. The second-order valence-electron chi connectivity index (χ2n) is 10.9. The van der Waals surface area contributed by atoms with Crippen LogP contribution in [0.1, 0.15) is 27.8 Å². The van der Waals surface area contributed by atoms with Crippen LogP contribution in [0.15, 0.2) is 53.3 Å². The number of aryl methyl sites for hydroxylation is 2. The van der Waals surface area contributed by atoms with Crippen LogP contribution in [0, 0.1) is 25.7 Å². The number of amides is 1. The fourth-order valence-electron chi connectivity index (χ4n) is 6.34. The minimum Gasteiger partial charge on any atom is -0.508 e. The second kappa shape index (κ2) is 9.16. The Bertz CT molecular complexity index is 1600. The van der Waals surface area contributed by atoms with Gasteiger partial charge in [-0.1, -0.05) is 36.4 Å². The predicted molar refractivity (Wildman–Crippen MR) is 146 cm³/mol. The summed E-state index contributed by atoms with van der Waals surface area (Å²) in [6, 6.07) is 8.69. The van der Waals surface area contributed by atoms with E-state index in [2.05, 4.69) is 0 Å². The zero-order chi connectivity index (χ0) is 29.4. The van der Waals surface area contributed by atoms with Gasteiger partial charge in [0.2, 0.25) is 5.78 Å². The van der Waals surface area contributed by atoms with Gasteiger partial charge in [0.05, 0.1) is 29.2 Å². The summed E-state index contributed by atoms with van der Waals surface area (Å²) in [6.45, 7) is 3.88. The largest absolute Gasteiger partial charge is 0.508 e. The number of hydrogen-bond donors (Lipinski definition) is 6. The average Bonchev–Trinajstić information content (AvgIpc) is 2.87. The lowest BCUT2D eigenvalue weighted by Gasteiger charge is -2.53. The van der Waals surface area contributed by atoms with Crippen molar-refractivity contribution in [2.75, 3.05) is 14.1 Å². The summed E-state index contributed by atoms with van der Waals surface area (Å²) < 4.78 is 0. The van der Waals surface area contributed by atoms with Gasteiger partial charge in [0, 0.05) is 5.92 Å². The van der Waals surface area contributed by atoms with Gasteiger partial charge in [0.15, 0.2) is 11.4 Å². The summed E-state index contributed by atoms with van der Waals surface area (Å²) in [6.07, 6.45) is -0.0104. The number of nitrogens with zero attached hydrogens (tertiary/aromatic N) is 1. The minimum absolute atomic E-state index is 0.0962. The molecule has 40 heavy (non-hydrogen) atoms. The number of ketones is 2. The highest BCUT2D eigenvalue weighted by Gasteiger charge is 2.68. The van der Waals surface area contributed by atoms with Crippen LogP contribution >= 0.6 is 0 Å². The lowest BCUT2D eigenvalue weighted by molar-refractivity contribution is -0.166. The number of phenolic OH excluding ortho intramolecular Hbond substituents is 1. The molecule has 10 nitrogen and oxygen atoms in total. The first kappa shape index (κ1) is 27.3. The summed E-state index contributed by atoms with van der Waals surface area (Å²) in [5, 5.41) is 56.9. The van der Waals surface area contributed by atoms with Crippen molar-refractivity contribution in [3.63, 3.8) is 0 Å². The summed E-state index contributed by atoms with van der Waals surface area (Å²) in [5.41, 5.74) is 4.27. The Morgan fingerprint density at radius 2 is 1.73 bits per heavy atom. The van der Waals surface area contributed by atoms with E-state index >= 15 is 0 Å². The summed E-state index contributed by atoms with van der Waals surface area (Å²) in [7, 11) is 2.92. The number of phenols is 1. The number of carbonyl (C=O) groups is 3. The molecule has 7 N–H and O–H groups in total. The van der Waals surface area contributed by atoms with E-state index < -0.39 is 69.7 Å². The van der Waals surface area contributed by atoms with Crippen molar-refractivity contribution < 1.29 is 39.9 Å². The fourth-order valence-corrected chi connectivity index (χ4v) is 6.34. The molecular weight excluding hydrogens is 516 g/mol. The van der Waals surface area contributed by atoms with Crippen LogP contribution in [-0.4, -0.2) is 79.7 Å². The molecule has 3 aliphatic carbocycles. The van der Waals surface area contributed by atoms with Crippen LogP contribution in [0.5, 0.6) is 5.75 Å². The molecule has 10 heteroatoms. The van der Waals surface area contributed by atoms with E-state index in [0.717, 1.165) is 11.1 Å². The number of aliphatic hydroxyl groups excluding tert-OH is 3. The zero-order valence-electron chi connectivity index (χ0n) is 22.3. The first-order chi connectivity index (χ1) is 18.7. The van der Waals surface area contributed by atoms with Gasteiger partial charge in [-0.2, -0.15) is 0 Å². The topological polar surface area (TPSA) is 182 Å². The molecule has 5 atom stereocenters. The number of aromatic hydroxyl groups is 1. The molecule has 3 aliphatic rings. The third kappa shape index (κ3) is 3.57. The number of rotatable bonds is 3. The zero-order valence-corrected chi connectivity index (χ0v) is 22.3. The lowest BCUT2D eigenvalue weighted by atomic mass is 9.55. The molecule has 1 amide bonds. The molecule has 1 fully saturated rings. The molecule has 0 heterocycles. The van der Waals surface area contributed by atoms with E-state index in [1.807, 2.05) is 32.0 Å². The van der Waals surface area contributed by atoms with E-state index in [-0.39, 0.29) is 11.3 Å². The number of nitrogens with two attached hydrogens (primary N) is 1. The first-order valence-electron chi connectivity index (χ1n) is 12.7. The lowest BCUT2D eigenvalue weighted by Crippen LogP contribution is -2.70. The molecule has 208 valence electrons. The number of aliphatic hydroxyl groups is 4. The maximum absolute atomic E-state index is 14.2. The molecule has 0 radical (unpaired) electrons. The van der Waals surface area contributed by atoms with Crippen molar-refractivity contribution in [3.05, 3.63) is 81.1 Å². The van der Waals surface area contributed by atoms with Crippen molar-refractivity contribution in [1.29, 1.82) is 0 Å². The molecule has 1 saturated carbocycles. The normalized spacial score (nSPS) is 29.0. The van der Waals surface area contributed by atoms with Gasteiger partial charge in [0.1, 0.15) is 22.8 Å². The SMILES string of the molecule is Cc1ccc(/C=C2\c3cccc(O)c3C(O)=C3C(=O)[C@]4(O)C(O)=C(C(N)=O)C(=O)[C@@H](N(C)C)[C@@H]4[C@@H](O)[C@@H]32)cc1C. The average molecular weight is 547 g/mol. The number of primary amides is 1. The van der Waals surface area contributed by atoms with Crippen molar-refractivity contribution >= 4 is 34.9 Å². The van der Waals surface area contributed by atoms with Gasteiger partial charge < -0.3 is 31.3 Å². The van der Waals surface area contributed by atoms with Gasteiger partial charge in [-0.15, -0.1) is 0 Å². The Balaban J connectivity index is 1.86. The van der Waals surface area contributed by atoms with E-state index in [4.69, 9.17) is 5.73 Å². The Morgan fingerprint density at radius 3 is 2.33 bits per heavy atom. The maximum Gasteiger partial charge on any atom is 0.255 e. The minimum atomic E-state index is -2.97. The number of carbonyl (C=O) groups excluding carboxylic acids is 3. The Labute approximate surface area is 230 Å². The van der Waals surface area contributed by atoms with Crippen molar-refractivity contribution in [3.8, 4) is 5.75 Å². The summed E-state index contributed by atoms with van der Waals surface area (Å²) >= 11 is 0. The molecule has 2 aromatic rings. The van der Waals surface area contributed by atoms with Crippen LogP contribution in [0.25, 0.3) is 17.4 Å². The number of Topliss-reactive ketones (excluding diaryl/α,β-unsaturated/α-hetero) is 2. The third-order valence-corrected chi connectivity index (χ3v) is 8.38. The molecule has 5 rings (SSSR count). The second-order valence-corrected chi connectivity index (χ2v) is 10.9. The predicted octanol–water partition coefficient (Wildman–Crippen LogP) is 1.55. The molecule has 0 aliphatic heterocycles. The van der Waals surface area contributed by atoms with Crippen molar-refractivity contribution in [2.45, 2.75) is 31.6 Å². The smallest absolute Gasteiger partial charge is 0.255 e. The molecular formula is C30H30N2O8. The number of fused-ring (bicyclic) bond motifs is 3. The van der Waals surface area contributed by atoms with Gasteiger partial charge in [0.25, 0.3) is 5.91 Å². The number of hydrogen-bond acceptors (Lipinski definition) is 9. The Morgan fingerprint density at radius 1 is 1.05 bits per heavy atom. The number of benzene rings is 2. The van der Waals surface area contributed by atoms with Crippen molar-refractivity contribution in [1.82, 2.24) is 4.90 Å². The molecule has 0 aromatic heterocycles. The van der Waals surface area contributed by atoms with Crippen molar-refractivity contribution in [2.24, 2.45) is 17.6 Å². The summed E-state index contributed by atoms with van der Waals surface area (Å²) in [5.74, 6) is -8.78. The molecule has 0 bridgehead atoms. The van der Waals surface area contributed by atoms with Gasteiger partial charge in [-0.25, -0.2) is 0 Å².